The predicted octanol–water partition coefficient (Wildman–Crippen LogP) is 4.03. The summed E-state index contributed by atoms with van der Waals surface area (Å²) in [4.78, 5) is 9.94. The standard InChI is InChI=1S/C22H28N6OS/c1-21(2)11-16(12-22(3,4)26-21)27(5)20-25-19-18(30-20)17-7-6-15(10-14(17)13-29-19)28-23-8-9-24-28/h6-10,16,26H,11-13H2,1-5H3. The summed E-state index contributed by atoms with van der Waals surface area (Å²) in [7, 11) is 2.17. The predicted molar refractivity (Wildman–Crippen MR) is 120 cm³/mol. The molecule has 1 fully saturated rings. The van der Waals surface area contributed by atoms with Crippen molar-refractivity contribution in [2.24, 2.45) is 0 Å². The SMILES string of the molecule is CN(c1nc2c(s1)-c1ccc(-n3nccn3)cc1CO2)C1CC(C)(C)NC(C)(C)C1. The normalized spacial score (nSPS) is 19.6. The van der Waals surface area contributed by atoms with Crippen molar-refractivity contribution in [3.8, 4) is 22.0 Å². The Balaban J connectivity index is 1.45. The third kappa shape index (κ3) is 3.48. The number of fused-ring (bicyclic) bond motifs is 3. The van der Waals surface area contributed by atoms with E-state index in [4.69, 9.17) is 9.72 Å². The number of anilines is 1. The summed E-state index contributed by atoms with van der Waals surface area (Å²) in [6.45, 7) is 9.65. The smallest absolute Gasteiger partial charge is 0.234 e. The summed E-state index contributed by atoms with van der Waals surface area (Å²) in [6, 6.07) is 6.71. The molecule has 4 heterocycles. The van der Waals surface area contributed by atoms with Crippen LogP contribution in [0.2, 0.25) is 0 Å². The molecule has 30 heavy (non-hydrogen) atoms. The maximum absolute atomic E-state index is 6.03. The van der Waals surface area contributed by atoms with Crippen molar-refractivity contribution in [1.29, 1.82) is 0 Å². The van der Waals surface area contributed by atoms with Crippen molar-refractivity contribution < 1.29 is 4.74 Å². The van der Waals surface area contributed by atoms with E-state index in [0.717, 1.165) is 40.0 Å². The Hall–Kier alpha value is -2.45. The third-order valence-corrected chi connectivity index (χ3v) is 7.11. The van der Waals surface area contributed by atoms with E-state index in [1.165, 1.54) is 5.56 Å². The van der Waals surface area contributed by atoms with Crippen LogP contribution in [-0.4, -0.2) is 44.1 Å². The zero-order valence-electron chi connectivity index (χ0n) is 18.1. The number of rotatable bonds is 3. The summed E-state index contributed by atoms with van der Waals surface area (Å²) in [5, 5.41) is 13.2. The number of piperidine rings is 1. The molecule has 0 saturated carbocycles. The summed E-state index contributed by atoms with van der Waals surface area (Å²) < 4.78 is 6.03. The molecule has 3 aromatic rings. The molecule has 8 heteroatoms. The van der Waals surface area contributed by atoms with E-state index in [1.54, 1.807) is 28.5 Å². The van der Waals surface area contributed by atoms with Crippen LogP contribution >= 0.6 is 11.3 Å². The van der Waals surface area contributed by atoms with Crippen LogP contribution in [0, 0.1) is 0 Å². The second-order valence-corrected chi connectivity index (χ2v) is 10.6. The van der Waals surface area contributed by atoms with Crippen LogP contribution < -0.4 is 15.0 Å². The minimum absolute atomic E-state index is 0.0948. The van der Waals surface area contributed by atoms with Gasteiger partial charge in [-0.3, -0.25) is 0 Å². The molecule has 2 aromatic heterocycles. The Morgan fingerprint density at radius 3 is 2.53 bits per heavy atom. The third-order valence-electron chi connectivity index (χ3n) is 5.95. The van der Waals surface area contributed by atoms with Gasteiger partial charge < -0.3 is 15.0 Å². The van der Waals surface area contributed by atoms with Gasteiger partial charge in [0.25, 0.3) is 0 Å². The average Bonchev–Trinajstić information content (AvgIpc) is 3.34. The van der Waals surface area contributed by atoms with Crippen molar-refractivity contribution in [2.45, 2.75) is 64.3 Å². The van der Waals surface area contributed by atoms with Crippen molar-refractivity contribution >= 4 is 16.5 Å². The Morgan fingerprint density at radius 1 is 1.13 bits per heavy atom. The highest BCUT2D eigenvalue weighted by molar-refractivity contribution is 7.19. The van der Waals surface area contributed by atoms with Crippen molar-refractivity contribution in [3.05, 3.63) is 36.2 Å². The van der Waals surface area contributed by atoms with Crippen LogP contribution in [0.15, 0.2) is 30.6 Å². The van der Waals surface area contributed by atoms with Gasteiger partial charge in [-0.25, -0.2) is 0 Å². The molecular formula is C22H28N6OS. The molecule has 2 aliphatic heterocycles. The first kappa shape index (κ1) is 19.5. The molecule has 1 N–H and O–H groups in total. The van der Waals surface area contributed by atoms with Crippen molar-refractivity contribution in [2.75, 3.05) is 11.9 Å². The fraction of sp³-hybridized carbons (Fsp3) is 0.500. The summed E-state index contributed by atoms with van der Waals surface area (Å²) in [5.74, 6) is 0.742. The van der Waals surface area contributed by atoms with Gasteiger partial charge in [-0.05, 0) is 52.7 Å². The zero-order chi connectivity index (χ0) is 21.1. The van der Waals surface area contributed by atoms with E-state index in [1.807, 2.05) is 0 Å². The maximum atomic E-state index is 6.03. The fourth-order valence-electron chi connectivity index (χ4n) is 4.95. The second kappa shape index (κ2) is 6.78. The Kier molecular flexibility index (Phi) is 4.41. The van der Waals surface area contributed by atoms with Gasteiger partial charge in [0.2, 0.25) is 5.88 Å². The molecule has 1 saturated heterocycles. The van der Waals surface area contributed by atoms with Gasteiger partial charge >= 0.3 is 0 Å². The van der Waals surface area contributed by atoms with Gasteiger partial charge in [-0.2, -0.15) is 20.0 Å². The second-order valence-electron chi connectivity index (χ2n) is 9.65. The molecule has 158 valence electrons. The van der Waals surface area contributed by atoms with Gasteiger partial charge in [-0.15, -0.1) is 0 Å². The number of hydrogen-bond donors (Lipinski definition) is 1. The first-order valence-corrected chi connectivity index (χ1v) is 11.2. The van der Waals surface area contributed by atoms with Crippen LogP contribution in [0.4, 0.5) is 5.13 Å². The number of ether oxygens (including phenoxy) is 1. The quantitative estimate of drug-likeness (QED) is 0.685. The highest BCUT2D eigenvalue weighted by Crippen LogP contribution is 2.45. The molecule has 0 bridgehead atoms. The molecule has 0 amide bonds. The van der Waals surface area contributed by atoms with Crippen LogP contribution in [-0.2, 0) is 6.61 Å². The molecule has 1 aromatic carbocycles. The Labute approximate surface area is 181 Å². The van der Waals surface area contributed by atoms with Crippen molar-refractivity contribution in [3.63, 3.8) is 0 Å². The molecule has 0 aliphatic carbocycles. The first-order chi connectivity index (χ1) is 14.2. The molecule has 0 unspecified atom stereocenters. The van der Waals surface area contributed by atoms with E-state index in [-0.39, 0.29) is 11.1 Å². The largest absolute Gasteiger partial charge is 0.472 e. The maximum Gasteiger partial charge on any atom is 0.234 e. The lowest BCUT2D eigenvalue weighted by molar-refractivity contribution is 0.161. The highest BCUT2D eigenvalue weighted by Gasteiger charge is 2.40. The lowest BCUT2D eigenvalue weighted by atomic mass is 9.79. The lowest BCUT2D eigenvalue weighted by Gasteiger charge is -2.48. The summed E-state index contributed by atoms with van der Waals surface area (Å²) >= 11 is 1.71. The minimum atomic E-state index is 0.0948. The number of nitrogens with zero attached hydrogens (tertiary/aromatic N) is 5. The van der Waals surface area contributed by atoms with E-state index in [9.17, 15) is 0 Å². The number of benzene rings is 1. The average molecular weight is 425 g/mol. The van der Waals surface area contributed by atoms with Crippen LogP contribution in [0.1, 0.15) is 46.1 Å². The van der Waals surface area contributed by atoms with Gasteiger partial charge in [-0.1, -0.05) is 17.4 Å². The Bertz CT molecular complexity index is 1060. The molecule has 2 aliphatic rings. The monoisotopic (exact) mass is 424 g/mol. The van der Waals surface area contributed by atoms with E-state index >= 15 is 0 Å². The fourth-order valence-corrected chi connectivity index (χ4v) is 6.06. The minimum Gasteiger partial charge on any atom is -0.472 e. The molecule has 0 radical (unpaired) electrons. The lowest BCUT2D eigenvalue weighted by Crippen LogP contribution is -2.61. The summed E-state index contributed by atoms with van der Waals surface area (Å²) in [6.07, 6.45) is 5.52. The van der Waals surface area contributed by atoms with Crippen LogP contribution in [0.25, 0.3) is 16.1 Å². The van der Waals surface area contributed by atoms with E-state index in [2.05, 4.69) is 73.4 Å². The van der Waals surface area contributed by atoms with Crippen molar-refractivity contribution in [1.82, 2.24) is 25.3 Å². The van der Waals surface area contributed by atoms with Crippen LogP contribution in [0.5, 0.6) is 5.88 Å². The Morgan fingerprint density at radius 2 is 1.83 bits per heavy atom. The molecule has 0 atom stereocenters. The molecule has 0 spiro atoms. The van der Waals surface area contributed by atoms with Crippen LogP contribution in [0.3, 0.4) is 0 Å². The van der Waals surface area contributed by atoms with Gasteiger partial charge in [0.1, 0.15) is 11.5 Å². The topological polar surface area (TPSA) is 68.1 Å². The first-order valence-electron chi connectivity index (χ1n) is 10.4. The summed E-state index contributed by atoms with van der Waals surface area (Å²) in [5.41, 5.74) is 3.45. The zero-order valence-corrected chi connectivity index (χ0v) is 19.0. The molecule has 5 rings (SSSR count). The van der Waals surface area contributed by atoms with Gasteiger partial charge in [0.05, 0.1) is 18.1 Å². The van der Waals surface area contributed by atoms with E-state index in [0.29, 0.717) is 12.6 Å². The van der Waals surface area contributed by atoms with Gasteiger partial charge in [0.15, 0.2) is 5.13 Å². The number of thiazole rings is 1. The van der Waals surface area contributed by atoms with E-state index < -0.39 is 0 Å². The number of aromatic nitrogens is 4. The van der Waals surface area contributed by atoms with Gasteiger partial charge in [0, 0.05) is 35.3 Å². The highest BCUT2D eigenvalue weighted by atomic mass is 32.1. The number of hydrogen-bond acceptors (Lipinski definition) is 7. The molecular weight excluding hydrogens is 396 g/mol. The number of nitrogens with one attached hydrogen (secondary N) is 1. The molecule has 7 nitrogen and oxygen atoms in total.